The molecule has 0 aliphatic heterocycles. The standard InChI is InChI=1S/C13H14O3/c1-4-10(3)16-13(14)11-6-8-12(9-7-11)15-5-2/h1,6-10H,5H2,2-3H3. The monoisotopic (exact) mass is 218 g/mol. The molecule has 1 aromatic carbocycles. The van der Waals surface area contributed by atoms with Crippen molar-refractivity contribution in [1.82, 2.24) is 0 Å². The number of ether oxygens (including phenoxy) is 2. The molecule has 0 amide bonds. The first-order chi connectivity index (χ1) is 7.67. The van der Waals surface area contributed by atoms with Gasteiger partial charge in [0.2, 0.25) is 0 Å². The average Bonchev–Trinajstić information content (AvgIpc) is 2.30. The Bertz CT molecular complexity index is 387. The first-order valence-corrected chi connectivity index (χ1v) is 5.07. The van der Waals surface area contributed by atoms with Gasteiger partial charge >= 0.3 is 5.97 Å². The van der Waals surface area contributed by atoms with Crippen LogP contribution in [-0.4, -0.2) is 18.7 Å². The lowest BCUT2D eigenvalue weighted by molar-refractivity contribution is 0.0439. The first-order valence-electron chi connectivity index (χ1n) is 5.07. The van der Waals surface area contributed by atoms with Gasteiger partial charge in [0.25, 0.3) is 0 Å². The average molecular weight is 218 g/mol. The molecule has 0 spiro atoms. The van der Waals surface area contributed by atoms with Crippen LogP contribution in [0.4, 0.5) is 0 Å². The van der Waals surface area contributed by atoms with Gasteiger partial charge < -0.3 is 9.47 Å². The lowest BCUT2D eigenvalue weighted by Gasteiger charge is -2.07. The highest BCUT2D eigenvalue weighted by Gasteiger charge is 2.09. The maximum atomic E-state index is 11.5. The van der Waals surface area contributed by atoms with E-state index < -0.39 is 12.1 Å². The lowest BCUT2D eigenvalue weighted by Crippen LogP contribution is -2.12. The quantitative estimate of drug-likeness (QED) is 0.574. The minimum absolute atomic E-state index is 0.423. The van der Waals surface area contributed by atoms with Gasteiger partial charge in [-0.25, -0.2) is 4.79 Å². The molecule has 1 unspecified atom stereocenters. The predicted octanol–water partition coefficient (Wildman–Crippen LogP) is 2.26. The minimum atomic E-state index is -0.515. The third kappa shape index (κ3) is 3.32. The van der Waals surface area contributed by atoms with Crippen molar-refractivity contribution < 1.29 is 14.3 Å². The Labute approximate surface area is 95.4 Å². The van der Waals surface area contributed by atoms with Crippen LogP contribution in [0.15, 0.2) is 24.3 Å². The van der Waals surface area contributed by atoms with Crippen molar-refractivity contribution in [3.63, 3.8) is 0 Å². The number of terminal acetylenes is 1. The molecule has 3 nitrogen and oxygen atoms in total. The van der Waals surface area contributed by atoms with Gasteiger partial charge in [-0.3, -0.25) is 0 Å². The summed E-state index contributed by atoms with van der Waals surface area (Å²) in [5, 5.41) is 0. The van der Waals surface area contributed by atoms with Crippen molar-refractivity contribution in [2.75, 3.05) is 6.61 Å². The number of hydrogen-bond donors (Lipinski definition) is 0. The first kappa shape index (κ1) is 12.1. The van der Waals surface area contributed by atoms with E-state index in [1.54, 1.807) is 31.2 Å². The topological polar surface area (TPSA) is 35.5 Å². The number of carbonyl (C=O) groups excluding carboxylic acids is 1. The van der Waals surface area contributed by atoms with Gasteiger partial charge in [0, 0.05) is 0 Å². The fraction of sp³-hybridized carbons (Fsp3) is 0.308. The van der Waals surface area contributed by atoms with Crippen molar-refractivity contribution in [3.8, 4) is 18.1 Å². The fourth-order valence-corrected chi connectivity index (χ4v) is 1.12. The SMILES string of the molecule is C#CC(C)OC(=O)c1ccc(OCC)cc1. The summed E-state index contributed by atoms with van der Waals surface area (Å²) < 4.78 is 10.2. The number of rotatable bonds is 4. The Morgan fingerprint density at radius 1 is 1.44 bits per heavy atom. The van der Waals surface area contributed by atoms with Crippen LogP contribution in [0, 0.1) is 12.3 Å². The molecule has 0 N–H and O–H groups in total. The van der Waals surface area contributed by atoms with Crippen LogP contribution in [0.2, 0.25) is 0 Å². The molecule has 1 aromatic rings. The Morgan fingerprint density at radius 3 is 2.56 bits per heavy atom. The Balaban J connectivity index is 2.67. The maximum Gasteiger partial charge on any atom is 0.339 e. The van der Waals surface area contributed by atoms with Crippen LogP contribution in [-0.2, 0) is 4.74 Å². The summed E-state index contributed by atoms with van der Waals surface area (Å²) in [7, 11) is 0. The predicted molar refractivity (Wildman–Crippen MR) is 61.3 cm³/mol. The third-order valence-corrected chi connectivity index (χ3v) is 1.92. The van der Waals surface area contributed by atoms with Gasteiger partial charge in [-0.2, -0.15) is 0 Å². The van der Waals surface area contributed by atoms with Crippen LogP contribution >= 0.6 is 0 Å². The molecule has 0 aromatic heterocycles. The van der Waals surface area contributed by atoms with Crippen molar-refractivity contribution in [1.29, 1.82) is 0 Å². The van der Waals surface area contributed by atoms with Gasteiger partial charge in [-0.15, -0.1) is 6.42 Å². The second kappa shape index (κ2) is 5.82. The molecular formula is C13H14O3. The van der Waals surface area contributed by atoms with Crippen LogP contribution in [0.1, 0.15) is 24.2 Å². The van der Waals surface area contributed by atoms with E-state index >= 15 is 0 Å². The minimum Gasteiger partial charge on any atom is -0.494 e. The maximum absolute atomic E-state index is 11.5. The molecule has 0 saturated heterocycles. The zero-order valence-corrected chi connectivity index (χ0v) is 9.40. The number of esters is 1. The Morgan fingerprint density at radius 2 is 2.06 bits per heavy atom. The summed E-state index contributed by atoms with van der Waals surface area (Å²) in [6.45, 7) is 4.14. The largest absolute Gasteiger partial charge is 0.494 e. The molecule has 0 aliphatic rings. The molecule has 0 saturated carbocycles. The summed E-state index contributed by atoms with van der Waals surface area (Å²) in [5.41, 5.74) is 0.463. The van der Waals surface area contributed by atoms with E-state index in [0.717, 1.165) is 5.75 Å². The normalized spacial score (nSPS) is 11.3. The summed E-state index contributed by atoms with van der Waals surface area (Å²) in [5.74, 6) is 2.63. The van der Waals surface area contributed by atoms with E-state index in [4.69, 9.17) is 15.9 Å². The van der Waals surface area contributed by atoms with Crippen LogP contribution in [0.25, 0.3) is 0 Å². The van der Waals surface area contributed by atoms with Gasteiger partial charge in [0.1, 0.15) is 5.75 Å². The highest BCUT2D eigenvalue weighted by molar-refractivity contribution is 5.89. The molecule has 1 rings (SSSR count). The summed E-state index contributed by atoms with van der Waals surface area (Å²) >= 11 is 0. The smallest absolute Gasteiger partial charge is 0.339 e. The highest BCUT2D eigenvalue weighted by atomic mass is 16.5. The molecule has 3 heteroatoms. The van der Waals surface area contributed by atoms with Gasteiger partial charge in [-0.1, -0.05) is 5.92 Å². The molecule has 0 radical (unpaired) electrons. The second-order valence-corrected chi connectivity index (χ2v) is 3.17. The molecule has 0 aliphatic carbocycles. The number of carbonyl (C=O) groups is 1. The van der Waals surface area contributed by atoms with E-state index in [1.807, 2.05) is 6.92 Å². The van der Waals surface area contributed by atoms with E-state index in [0.29, 0.717) is 12.2 Å². The molecular weight excluding hydrogens is 204 g/mol. The highest BCUT2D eigenvalue weighted by Crippen LogP contribution is 2.13. The lowest BCUT2D eigenvalue weighted by atomic mass is 10.2. The van der Waals surface area contributed by atoms with Crippen molar-refractivity contribution in [2.24, 2.45) is 0 Å². The second-order valence-electron chi connectivity index (χ2n) is 3.17. The van der Waals surface area contributed by atoms with E-state index in [9.17, 15) is 4.79 Å². The van der Waals surface area contributed by atoms with Crippen molar-refractivity contribution in [2.45, 2.75) is 20.0 Å². The molecule has 16 heavy (non-hydrogen) atoms. The molecule has 0 fully saturated rings. The number of hydrogen-bond acceptors (Lipinski definition) is 3. The van der Waals surface area contributed by atoms with Gasteiger partial charge in [-0.05, 0) is 38.1 Å². The number of benzene rings is 1. The fourth-order valence-electron chi connectivity index (χ4n) is 1.12. The summed E-state index contributed by atoms with van der Waals surface area (Å²) in [6.07, 6.45) is 4.60. The molecule has 0 bridgehead atoms. The summed E-state index contributed by atoms with van der Waals surface area (Å²) in [6, 6.07) is 6.74. The van der Waals surface area contributed by atoms with E-state index in [2.05, 4.69) is 5.92 Å². The molecule has 1 atom stereocenters. The van der Waals surface area contributed by atoms with Crippen LogP contribution in [0.3, 0.4) is 0 Å². The van der Waals surface area contributed by atoms with Crippen molar-refractivity contribution >= 4 is 5.97 Å². The summed E-state index contributed by atoms with van der Waals surface area (Å²) in [4.78, 5) is 11.5. The van der Waals surface area contributed by atoms with Gasteiger partial charge in [0.05, 0.1) is 12.2 Å². The van der Waals surface area contributed by atoms with E-state index in [-0.39, 0.29) is 0 Å². The van der Waals surface area contributed by atoms with Crippen LogP contribution in [0.5, 0.6) is 5.75 Å². The van der Waals surface area contributed by atoms with Crippen LogP contribution < -0.4 is 4.74 Å². The third-order valence-electron chi connectivity index (χ3n) is 1.92. The zero-order valence-electron chi connectivity index (χ0n) is 9.40. The molecule has 0 heterocycles. The Hall–Kier alpha value is -1.95. The van der Waals surface area contributed by atoms with Gasteiger partial charge in [0.15, 0.2) is 6.10 Å². The van der Waals surface area contributed by atoms with Crippen molar-refractivity contribution in [3.05, 3.63) is 29.8 Å². The zero-order chi connectivity index (χ0) is 12.0. The molecule has 84 valence electrons. The Kier molecular flexibility index (Phi) is 4.41. The van der Waals surface area contributed by atoms with E-state index in [1.165, 1.54) is 0 Å².